The van der Waals surface area contributed by atoms with Gasteiger partial charge in [-0.15, -0.1) is 0 Å². The lowest BCUT2D eigenvalue weighted by molar-refractivity contribution is -0.384. The minimum absolute atomic E-state index is 0.0387. The highest BCUT2D eigenvalue weighted by Gasteiger charge is 2.11. The van der Waals surface area contributed by atoms with Crippen molar-refractivity contribution in [2.75, 3.05) is 18.9 Å². The van der Waals surface area contributed by atoms with E-state index in [0.29, 0.717) is 11.3 Å². The number of rotatable bonds is 6. The van der Waals surface area contributed by atoms with Gasteiger partial charge in [-0.3, -0.25) is 19.8 Å². The van der Waals surface area contributed by atoms with Gasteiger partial charge in [0, 0.05) is 29.9 Å². The number of non-ortho nitro benzene ring substituents is 1. The molecule has 0 bridgehead atoms. The molecule has 0 unspecified atom stereocenters. The Morgan fingerprint density at radius 1 is 1.26 bits per heavy atom. The number of anilines is 1. The fourth-order valence-corrected chi connectivity index (χ4v) is 2.12. The first-order chi connectivity index (χ1) is 11.0. The van der Waals surface area contributed by atoms with Crippen molar-refractivity contribution < 1.29 is 14.1 Å². The van der Waals surface area contributed by atoms with E-state index in [1.165, 1.54) is 24.3 Å². The smallest absolute Gasteiger partial charge is 0.271 e. The first kappa shape index (κ1) is 16.6. The number of hydrogen-bond donors (Lipinski definition) is 1. The molecule has 0 saturated heterocycles. The van der Waals surface area contributed by atoms with Crippen LogP contribution in [0.15, 0.2) is 48.5 Å². The molecule has 1 N–H and O–H groups in total. The molecular formula is C16H16FN3O3. The SMILES string of the molecule is CN(CC(=O)Nc1cccc([N+](=O)[O-])c1)Cc1ccccc1F. The lowest BCUT2D eigenvalue weighted by Gasteiger charge is -2.16. The number of nitro groups is 1. The first-order valence-electron chi connectivity index (χ1n) is 6.92. The lowest BCUT2D eigenvalue weighted by atomic mass is 10.2. The summed E-state index contributed by atoms with van der Waals surface area (Å²) in [5.41, 5.74) is 0.754. The van der Waals surface area contributed by atoms with Crippen LogP contribution in [0.3, 0.4) is 0 Å². The van der Waals surface area contributed by atoms with Crippen LogP contribution in [-0.4, -0.2) is 29.3 Å². The van der Waals surface area contributed by atoms with Crippen LogP contribution in [0.5, 0.6) is 0 Å². The van der Waals surface area contributed by atoms with E-state index in [2.05, 4.69) is 5.32 Å². The molecule has 0 atom stereocenters. The fourth-order valence-electron chi connectivity index (χ4n) is 2.12. The predicted molar refractivity (Wildman–Crippen MR) is 84.5 cm³/mol. The predicted octanol–water partition coefficient (Wildman–Crippen LogP) is 2.80. The highest BCUT2D eigenvalue weighted by molar-refractivity contribution is 5.92. The first-order valence-corrected chi connectivity index (χ1v) is 6.92. The molecule has 0 aromatic heterocycles. The molecule has 120 valence electrons. The number of nitrogens with one attached hydrogen (secondary N) is 1. The van der Waals surface area contributed by atoms with Crippen molar-refractivity contribution in [3.8, 4) is 0 Å². The number of likely N-dealkylation sites (N-methyl/N-ethyl adjacent to an activating group) is 1. The van der Waals surface area contributed by atoms with Gasteiger partial charge in [0.05, 0.1) is 11.5 Å². The molecule has 0 fully saturated rings. The van der Waals surface area contributed by atoms with Gasteiger partial charge in [0.25, 0.3) is 5.69 Å². The number of halogens is 1. The molecule has 2 rings (SSSR count). The molecule has 2 aromatic rings. The van der Waals surface area contributed by atoms with E-state index in [1.807, 2.05) is 0 Å². The van der Waals surface area contributed by atoms with Gasteiger partial charge in [0.1, 0.15) is 5.82 Å². The van der Waals surface area contributed by atoms with Crippen LogP contribution in [0.2, 0.25) is 0 Å². The van der Waals surface area contributed by atoms with Gasteiger partial charge in [-0.05, 0) is 19.2 Å². The number of carbonyl (C=O) groups is 1. The van der Waals surface area contributed by atoms with Gasteiger partial charge in [-0.1, -0.05) is 24.3 Å². The van der Waals surface area contributed by atoms with E-state index in [1.54, 1.807) is 36.2 Å². The largest absolute Gasteiger partial charge is 0.325 e. The monoisotopic (exact) mass is 317 g/mol. The van der Waals surface area contributed by atoms with Crippen LogP contribution in [0.4, 0.5) is 15.8 Å². The van der Waals surface area contributed by atoms with E-state index in [-0.39, 0.29) is 30.5 Å². The average molecular weight is 317 g/mol. The summed E-state index contributed by atoms with van der Waals surface area (Å²) in [5.74, 6) is -0.650. The summed E-state index contributed by atoms with van der Waals surface area (Å²) in [6, 6.07) is 12.1. The third-order valence-electron chi connectivity index (χ3n) is 3.15. The van der Waals surface area contributed by atoms with Gasteiger partial charge < -0.3 is 5.32 Å². The number of carbonyl (C=O) groups excluding carboxylic acids is 1. The van der Waals surface area contributed by atoms with Crippen LogP contribution >= 0.6 is 0 Å². The van der Waals surface area contributed by atoms with Crippen molar-refractivity contribution in [3.63, 3.8) is 0 Å². The van der Waals surface area contributed by atoms with E-state index >= 15 is 0 Å². The molecule has 7 heteroatoms. The number of nitro benzene ring substituents is 1. The minimum Gasteiger partial charge on any atom is -0.325 e. The Morgan fingerprint density at radius 3 is 2.70 bits per heavy atom. The molecule has 0 spiro atoms. The zero-order chi connectivity index (χ0) is 16.8. The third-order valence-corrected chi connectivity index (χ3v) is 3.15. The van der Waals surface area contributed by atoms with Crippen molar-refractivity contribution in [3.05, 3.63) is 70.0 Å². The normalized spacial score (nSPS) is 10.6. The van der Waals surface area contributed by atoms with Crippen molar-refractivity contribution in [2.45, 2.75) is 6.54 Å². The highest BCUT2D eigenvalue weighted by atomic mass is 19.1. The average Bonchev–Trinajstić information content (AvgIpc) is 2.49. The maximum Gasteiger partial charge on any atom is 0.271 e. The molecule has 0 saturated carbocycles. The Labute approximate surface area is 132 Å². The Bertz CT molecular complexity index is 721. The summed E-state index contributed by atoms with van der Waals surface area (Å²) >= 11 is 0. The summed E-state index contributed by atoms with van der Waals surface area (Å²) in [4.78, 5) is 23.8. The van der Waals surface area contributed by atoms with E-state index in [9.17, 15) is 19.3 Å². The molecule has 2 aromatic carbocycles. The number of benzene rings is 2. The van der Waals surface area contributed by atoms with Crippen LogP contribution in [0, 0.1) is 15.9 Å². The van der Waals surface area contributed by atoms with Gasteiger partial charge in [-0.2, -0.15) is 0 Å². The molecule has 0 aliphatic rings. The Kier molecular flexibility index (Phi) is 5.37. The zero-order valence-electron chi connectivity index (χ0n) is 12.5. The maximum absolute atomic E-state index is 13.6. The molecule has 1 amide bonds. The van der Waals surface area contributed by atoms with E-state index in [0.717, 1.165) is 0 Å². The summed E-state index contributed by atoms with van der Waals surface area (Å²) < 4.78 is 13.6. The molecule has 0 heterocycles. The molecule has 0 aliphatic carbocycles. The second-order valence-electron chi connectivity index (χ2n) is 5.12. The summed E-state index contributed by atoms with van der Waals surface area (Å²) in [6.07, 6.45) is 0. The Balaban J connectivity index is 1.93. The van der Waals surface area contributed by atoms with Crippen LogP contribution in [0.1, 0.15) is 5.56 Å². The summed E-state index contributed by atoms with van der Waals surface area (Å²) in [5, 5.41) is 13.3. The standard InChI is InChI=1S/C16H16FN3O3/c1-19(10-12-5-2-3-8-15(12)17)11-16(21)18-13-6-4-7-14(9-13)20(22)23/h2-9H,10-11H2,1H3,(H,18,21). The fraction of sp³-hybridized carbons (Fsp3) is 0.188. The van der Waals surface area contributed by atoms with Gasteiger partial charge >= 0.3 is 0 Å². The van der Waals surface area contributed by atoms with E-state index < -0.39 is 4.92 Å². The maximum atomic E-state index is 13.6. The van der Waals surface area contributed by atoms with Crippen molar-refractivity contribution >= 4 is 17.3 Å². The zero-order valence-corrected chi connectivity index (χ0v) is 12.5. The molecule has 0 radical (unpaired) electrons. The minimum atomic E-state index is -0.528. The van der Waals surface area contributed by atoms with Gasteiger partial charge in [-0.25, -0.2) is 4.39 Å². The number of hydrogen-bond acceptors (Lipinski definition) is 4. The summed E-state index contributed by atoms with van der Waals surface area (Å²) in [6.45, 7) is 0.325. The number of nitrogens with zero attached hydrogens (tertiary/aromatic N) is 2. The van der Waals surface area contributed by atoms with Crippen LogP contribution in [0.25, 0.3) is 0 Å². The third kappa shape index (κ3) is 4.86. The molecule has 6 nitrogen and oxygen atoms in total. The van der Waals surface area contributed by atoms with Crippen molar-refractivity contribution in [1.82, 2.24) is 4.90 Å². The number of amides is 1. The van der Waals surface area contributed by atoms with E-state index in [4.69, 9.17) is 0 Å². The molecule has 23 heavy (non-hydrogen) atoms. The Hall–Kier alpha value is -2.80. The topological polar surface area (TPSA) is 75.5 Å². The second kappa shape index (κ2) is 7.46. The van der Waals surface area contributed by atoms with Crippen molar-refractivity contribution in [2.24, 2.45) is 0 Å². The Morgan fingerprint density at radius 2 is 2.00 bits per heavy atom. The summed E-state index contributed by atoms with van der Waals surface area (Å²) in [7, 11) is 1.69. The van der Waals surface area contributed by atoms with Gasteiger partial charge in [0.2, 0.25) is 5.91 Å². The quantitative estimate of drug-likeness (QED) is 0.656. The second-order valence-corrected chi connectivity index (χ2v) is 5.12. The lowest BCUT2D eigenvalue weighted by Crippen LogP contribution is -2.30. The molecular weight excluding hydrogens is 301 g/mol. The highest BCUT2D eigenvalue weighted by Crippen LogP contribution is 2.17. The van der Waals surface area contributed by atoms with Crippen LogP contribution < -0.4 is 5.32 Å². The van der Waals surface area contributed by atoms with Crippen molar-refractivity contribution in [1.29, 1.82) is 0 Å². The van der Waals surface area contributed by atoms with Crippen LogP contribution in [-0.2, 0) is 11.3 Å². The van der Waals surface area contributed by atoms with Gasteiger partial charge in [0.15, 0.2) is 0 Å². The molecule has 0 aliphatic heterocycles.